The number of ketones is 1. The first-order chi connectivity index (χ1) is 10.9. The van der Waals surface area contributed by atoms with Gasteiger partial charge in [-0.3, -0.25) is 4.79 Å². The number of aromatic hydroxyl groups is 1. The normalized spacial score (nSPS) is 12.3. The van der Waals surface area contributed by atoms with E-state index < -0.39 is 0 Å². The van der Waals surface area contributed by atoms with E-state index in [4.69, 9.17) is 4.98 Å². The number of Topliss-reactive ketones (excluding diaryl/α,β-unsaturated/α-hetero) is 1. The molecule has 0 aliphatic carbocycles. The number of aromatic nitrogens is 1. The Labute approximate surface area is 144 Å². The summed E-state index contributed by atoms with van der Waals surface area (Å²) in [6.45, 7) is 14.2. The van der Waals surface area contributed by atoms with Gasteiger partial charge in [-0.05, 0) is 34.1 Å². The van der Waals surface area contributed by atoms with Gasteiger partial charge in [-0.1, -0.05) is 59.7 Å². The predicted octanol–water partition coefficient (Wildman–Crippen LogP) is 5.25. The van der Waals surface area contributed by atoms with Crippen LogP contribution in [0.5, 0.6) is 5.75 Å². The lowest BCUT2D eigenvalue weighted by atomic mass is 9.78. The molecule has 0 saturated carbocycles. The molecule has 2 rings (SSSR count). The minimum absolute atomic E-state index is 0.0583. The van der Waals surface area contributed by atoms with Gasteiger partial charge in [0, 0.05) is 12.5 Å². The molecule has 0 fully saturated rings. The van der Waals surface area contributed by atoms with Crippen LogP contribution < -0.4 is 0 Å². The number of nitrogens with zero attached hydrogens (tertiary/aromatic N) is 1. The summed E-state index contributed by atoms with van der Waals surface area (Å²) in [5.41, 5.74) is 3.43. The number of benzene rings is 1. The molecule has 0 aliphatic rings. The molecule has 24 heavy (non-hydrogen) atoms. The molecule has 2 aromatic rings. The molecule has 1 aromatic heterocycles. The van der Waals surface area contributed by atoms with Crippen molar-refractivity contribution < 1.29 is 9.90 Å². The van der Waals surface area contributed by atoms with Crippen molar-refractivity contribution in [2.75, 3.05) is 0 Å². The van der Waals surface area contributed by atoms with Gasteiger partial charge < -0.3 is 5.11 Å². The van der Waals surface area contributed by atoms with Crippen molar-refractivity contribution in [1.29, 1.82) is 0 Å². The molecular formula is C21H27NO2. The van der Waals surface area contributed by atoms with Crippen LogP contribution in [0.25, 0.3) is 11.3 Å². The molecular weight excluding hydrogens is 298 g/mol. The molecule has 128 valence electrons. The lowest BCUT2D eigenvalue weighted by Gasteiger charge is -2.28. The SMILES string of the molecule is CC(=O)c1nc(-c2ccccc2O)c(C(C)(C)C)cc1C(C)(C)C. The highest BCUT2D eigenvalue weighted by Gasteiger charge is 2.29. The van der Waals surface area contributed by atoms with E-state index in [-0.39, 0.29) is 22.4 Å². The standard InChI is InChI=1S/C21H27NO2/c1-13(23)18-15(20(2,3)4)12-16(21(5,6)7)19(22-18)14-10-8-9-11-17(14)24/h8-12,24H,1-7H3. The molecule has 3 heteroatoms. The summed E-state index contributed by atoms with van der Waals surface area (Å²) in [4.78, 5) is 16.9. The summed E-state index contributed by atoms with van der Waals surface area (Å²) in [5, 5.41) is 10.3. The Balaban J connectivity index is 2.91. The van der Waals surface area contributed by atoms with E-state index in [0.29, 0.717) is 17.0 Å². The maximum Gasteiger partial charge on any atom is 0.178 e. The fourth-order valence-corrected chi connectivity index (χ4v) is 2.80. The fraction of sp³-hybridized carbons (Fsp3) is 0.429. The lowest BCUT2D eigenvalue weighted by Crippen LogP contribution is -2.22. The van der Waals surface area contributed by atoms with Gasteiger partial charge >= 0.3 is 0 Å². The number of carbonyl (C=O) groups excluding carboxylic acids is 1. The Morgan fingerprint density at radius 1 is 0.958 bits per heavy atom. The third-order valence-corrected chi connectivity index (χ3v) is 4.13. The van der Waals surface area contributed by atoms with Gasteiger partial charge in [-0.25, -0.2) is 4.98 Å². The van der Waals surface area contributed by atoms with Crippen molar-refractivity contribution in [2.24, 2.45) is 0 Å². The first-order valence-electron chi connectivity index (χ1n) is 8.28. The van der Waals surface area contributed by atoms with E-state index in [1.54, 1.807) is 19.1 Å². The number of pyridine rings is 1. The highest BCUT2D eigenvalue weighted by Crippen LogP contribution is 2.39. The highest BCUT2D eigenvalue weighted by atomic mass is 16.3. The Morgan fingerprint density at radius 2 is 1.50 bits per heavy atom. The molecule has 0 bridgehead atoms. The van der Waals surface area contributed by atoms with Crippen LogP contribution in [0.2, 0.25) is 0 Å². The molecule has 0 saturated heterocycles. The zero-order valence-electron chi connectivity index (χ0n) is 15.7. The highest BCUT2D eigenvalue weighted by molar-refractivity contribution is 5.95. The molecule has 0 unspecified atom stereocenters. The van der Waals surface area contributed by atoms with Gasteiger partial charge in [0.1, 0.15) is 11.4 Å². The van der Waals surface area contributed by atoms with E-state index in [1.807, 2.05) is 12.1 Å². The monoisotopic (exact) mass is 325 g/mol. The van der Waals surface area contributed by atoms with Gasteiger partial charge in [-0.2, -0.15) is 0 Å². The third-order valence-electron chi connectivity index (χ3n) is 4.13. The zero-order chi connectivity index (χ0) is 18.3. The summed E-state index contributed by atoms with van der Waals surface area (Å²) < 4.78 is 0. The first-order valence-corrected chi connectivity index (χ1v) is 8.28. The van der Waals surface area contributed by atoms with Gasteiger partial charge in [0.15, 0.2) is 5.78 Å². The van der Waals surface area contributed by atoms with E-state index in [1.165, 1.54) is 0 Å². The van der Waals surface area contributed by atoms with E-state index in [9.17, 15) is 9.90 Å². The number of carbonyl (C=O) groups is 1. The zero-order valence-corrected chi connectivity index (χ0v) is 15.7. The molecule has 0 radical (unpaired) electrons. The van der Waals surface area contributed by atoms with E-state index >= 15 is 0 Å². The van der Waals surface area contributed by atoms with Gasteiger partial charge in [0.25, 0.3) is 0 Å². The van der Waals surface area contributed by atoms with Crippen molar-refractivity contribution in [3.63, 3.8) is 0 Å². The Hall–Kier alpha value is -2.16. The molecule has 1 N–H and O–H groups in total. The Morgan fingerprint density at radius 3 is 1.96 bits per heavy atom. The van der Waals surface area contributed by atoms with Crippen molar-refractivity contribution in [2.45, 2.75) is 59.3 Å². The minimum atomic E-state index is -0.189. The topological polar surface area (TPSA) is 50.2 Å². The van der Waals surface area contributed by atoms with Crippen LogP contribution in [-0.2, 0) is 10.8 Å². The molecule has 1 heterocycles. The summed E-state index contributed by atoms with van der Waals surface area (Å²) in [7, 11) is 0. The van der Waals surface area contributed by atoms with Crippen molar-refractivity contribution >= 4 is 5.78 Å². The quantitative estimate of drug-likeness (QED) is 0.767. The van der Waals surface area contributed by atoms with E-state index in [0.717, 1.165) is 11.1 Å². The van der Waals surface area contributed by atoms with Gasteiger partial charge in [0.05, 0.1) is 5.69 Å². The summed E-state index contributed by atoms with van der Waals surface area (Å²) in [6, 6.07) is 9.23. The van der Waals surface area contributed by atoms with Crippen LogP contribution in [0, 0.1) is 0 Å². The summed E-state index contributed by atoms with van der Waals surface area (Å²) in [6.07, 6.45) is 0. The smallest absolute Gasteiger partial charge is 0.178 e. The summed E-state index contributed by atoms with van der Waals surface area (Å²) in [5.74, 6) is 0.116. The average molecular weight is 325 g/mol. The van der Waals surface area contributed by atoms with E-state index in [2.05, 4.69) is 47.6 Å². The minimum Gasteiger partial charge on any atom is -0.507 e. The number of phenolic OH excluding ortho intramolecular Hbond substituents is 1. The van der Waals surface area contributed by atoms with Crippen LogP contribution in [0.1, 0.15) is 70.1 Å². The van der Waals surface area contributed by atoms with Crippen LogP contribution in [0.3, 0.4) is 0 Å². The summed E-state index contributed by atoms with van der Waals surface area (Å²) >= 11 is 0. The number of phenols is 1. The maximum absolute atomic E-state index is 12.2. The maximum atomic E-state index is 12.2. The van der Waals surface area contributed by atoms with Gasteiger partial charge in [0.2, 0.25) is 0 Å². The molecule has 0 aliphatic heterocycles. The Kier molecular flexibility index (Phi) is 4.58. The number of hydrogen-bond acceptors (Lipinski definition) is 3. The lowest BCUT2D eigenvalue weighted by molar-refractivity contribution is 0.101. The van der Waals surface area contributed by atoms with Crippen molar-refractivity contribution in [3.8, 4) is 17.0 Å². The van der Waals surface area contributed by atoms with Gasteiger partial charge in [-0.15, -0.1) is 0 Å². The van der Waals surface area contributed by atoms with Crippen LogP contribution in [0.15, 0.2) is 30.3 Å². The third kappa shape index (κ3) is 3.50. The fourth-order valence-electron chi connectivity index (χ4n) is 2.80. The number of para-hydroxylation sites is 1. The molecule has 0 atom stereocenters. The second kappa shape index (κ2) is 6.04. The predicted molar refractivity (Wildman–Crippen MR) is 98.7 cm³/mol. The van der Waals surface area contributed by atoms with Crippen LogP contribution in [0.4, 0.5) is 0 Å². The number of rotatable bonds is 2. The van der Waals surface area contributed by atoms with Crippen LogP contribution in [-0.4, -0.2) is 15.9 Å². The van der Waals surface area contributed by atoms with Crippen LogP contribution >= 0.6 is 0 Å². The van der Waals surface area contributed by atoms with Crippen molar-refractivity contribution in [1.82, 2.24) is 4.98 Å². The molecule has 3 nitrogen and oxygen atoms in total. The second-order valence-electron chi connectivity index (χ2n) is 8.35. The first kappa shape index (κ1) is 18.2. The van der Waals surface area contributed by atoms with Crippen molar-refractivity contribution in [3.05, 3.63) is 47.2 Å². The molecule has 0 spiro atoms. The average Bonchev–Trinajstić information content (AvgIpc) is 2.44. The molecule has 1 aromatic carbocycles. The molecule has 0 amide bonds. The number of hydrogen-bond donors (Lipinski definition) is 1. The Bertz CT molecular complexity index is 777. The largest absolute Gasteiger partial charge is 0.507 e. The second-order valence-corrected chi connectivity index (χ2v) is 8.35.